The molecule has 0 spiro atoms. The Hall–Kier alpha value is -3.47. The molecule has 2 aromatic carbocycles. The lowest BCUT2D eigenvalue weighted by Gasteiger charge is -2.09. The van der Waals surface area contributed by atoms with Crippen LogP contribution < -0.4 is 14.8 Å². The molecule has 0 fully saturated rings. The fourth-order valence-corrected chi connectivity index (χ4v) is 2.31. The van der Waals surface area contributed by atoms with Crippen LogP contribution in [0.1, 0.15) is 27.9 Å². The van der Waals surface area contributed by atoms with E-state index in [0.717, 1.165) is 0 Å². The molecule has 0 aromatic heterocycles. The van der Waals surface area contributed by atoms with Gasteiger partial charge in [-0.05, 0) is 35.9 Å². The third-order valence-corrected chi connectivity index (χ3v) is 3.58. The minimum atomic E-state index is -4.74. The maximum absolute atomic E-state index is 12.2. The van der Waals surface area contributed by atoms with E-state index in [9.17, 15) is 18.0 Å². The van der Waals surface area contributed by atoms with Gasteiger partial charge in [-0.15, -0.1) is 13.2 Å². The highest BCUT2D eigenvalue weighted by Crippen LogP contribution is 2.25. The first-order valence-electron chi connectivity index (χ1n) is 8.19. The second kappa shape index (κ2) is 9.46. The summed E-state index contributed by atoms with van der Waals surface area (Å²) in [5, 5.41) is 11.2. The van der Waals surface area contributed by atoms with Gasteiger partial charge in [0.25, 0.3) is 5.91 Å². The van der Waals surface area contributed by atoms with Crippen LogP contribution in [0.2, 0.25) is 0 Å². The van der Waals surface area contributed by atoms with Crippen molar-refractivity contribution in [2.45, 2.75) is 12.8 Å². The first-order chi connectivity index (χ1) is 13.3. The highest BCUT2D eigenvalue weighted by Gasteiger charge is 2.30. The fourth-order valence-electron chi connectivity index (χ4n) is 2.31. The van der Waals surface area contributed by atoms with Crippen molar-refractivity contribution in [2.75, 3.05) is 13.7 Å². The van der Waals surface area contributed by atoms with Crippen molar-refractivity contribution >= 4 is 18.1 Å². The molecule has 0 radical (unpaired) electrons. The summed E-state index contributed by atoms with van der Waals surface area (Å²) in [6.45, 7) is 0.249. The summed E-state index contributed by atoms with van der Waals surface area (Å²) in [4.78, 5) is 12.1. The van der Waals surface area contributed by atoms with Gasteiger partial charge < -0.3 is 14.8 Å². The van der Waals surface area contributed by atoms with E-state index in [1.54, 1.807) is 30.4 Å². The monoisotopic (exact) mass is 390 g/mol. The fraction of sp³-hybridized carbons (Fsp3) is 0.200. The lowest BCUT2D eigenvalue weighted by atomic mass is 10.1. The van der Waals surface area contributed by atoms with Crippen LogP contribution >= 0.6 is 0 Å². The van der Waals surface area contributed by atoms with E-state index < -0.39 is 6.36 Å². The summed E-state index contributed by atoms with van der Waals surface area (Å²) in [6, 6.07) is 12.2. The third-order valence-electron chi connectivity index (χ3n) is 3.58. The molecule has 0 saturated carbocycles. The van der Waals surface area contributed by atoms with Gasteiger partial charge in [-0.1, -0.05) is 24.3 Å². The first-order valence-corrected chi connectivity index (χ1v) is 8.19. The normalized spacial score (nSPS) is 11.1. The molecular formula is C20H17F3N2O3. The van der Waals surface area contributed by atoms with Crippen molar-refractivity contribution in [3.8, 4) is 17.6 Å². The van der Waals surface area contributed by atoms with Crippen molar-refractivity contribution in [3.05, 3.63) is 59.2 Å². The zero-order valence-electron chi connectivity index (χ0n) is 14.9. The Kier molecular flexibility index (Phi) is 7.04. The molecule has 0 unspecified atom stereocenters. The zero-order valence-corrected chi connectivity index (χ0v) is 14.9. The number of carbonyl (C=O) groups is 1. The van der Waals surface area contributed by atoms with Crippen molar-refractivity contribution in [1.29, 1.82) is 5.26 Å². The topological polar surface area (TPSA) is 71.3 Å². The Bertz CT molecular complexity index is 885. The number of amides is 1. The van der Waals surface area contributed by atoms with E-state index in [-0.39, 0.29) is 24.6 Å². The van der Waals surface area contributed by atoms with Gasteiger partial charge in [0.15, 0.2) is 0 Å². The number of rotatable bonds is 7. The Morgan fingerprint density at radius 1 is 1.18 bits per heavy atom. The van der Waals surface area contributed by atoms with E-state index in [4.69, 9.17) is 10.00 Å². The number of hydrogen-bond donors (Lipinski definition) is 1. The van der Waals surface area contributed by atoms with Crippen LogP contribution in [-0.4, -0.2) is 25.9 Å². The maximum Gasteiger partial charge on any atom is 0.573 e. The molecule has 1 N–H and O–H groups in total. The summed E-state index contributed by atoms with van der Waals surface area (Å²) in [5.41, 5.74) is 1.65. The van der Waals surface area contributed by atoms with Gasteiger partial charge in [0.2, 0.25) is 0 Å². The van der Waals surface area contributed by atoms with E-state index in [0.29, 0.717) is 22.4 Å². The highest BCUT2D eigenvalue weighted by atomic mass is 19.4. The van der Waals surface area contributed by atoms with Crippen LogP contribution in [0.25, 0.3) is 12.2 Å². The SMILES string of the molecule is COc1ccc(C(=O)NCCC#N)cc1C=Cc1ccc(OC(F)(F)F)cc1. The van der Waals surface area contributed by atoms with E-state index in [1.807, 2.05) is 6.07 Å². The molecule has 0 heterocycles. The summed E-state index contributed by atoms with van der Waals surface area (Å²) in [7, 11) is 1.49. The molecule has 0 saturated heterocycles. The summed E-state index contributed by atoms with van der Waals surface area (Å²) >= 11 is 0. The molecule has 1 amide bonds. The largest absolute Gasteiger partial charge is 0.573 e. The average molecular weight is 390 g/mol. The van der Waals surface area contributed by atoms with Gasteiger partial charge in [0, 0.05) is 17.7 Å². The van der Waals surface area contributed by atoms with Gasteiger partial charge in [0.05, 0.1) is 19.6 Å². The molecule has 28 heavy (non-hydrogen) atoms. The zero-order chi connectivity index (χ0) is 20.6. The van der Waals surface area contributed by atoms with Gasteiger partial charge in [-0.25, -0.2) is 0 Å². The standard InChI is InChI=1S/C20H17F3N2O3/c1-27-18-10-7-16(19(26)25-12-2-11-24)13-15(18)6-3-14-4-8-17(9-5-14)28-20(21,22)23/h3-10,13H,2,12H2,1H3,(H,25,26). The van der Waals surface area contributed by atoms with Gasteiger partial charge in [-0.3, -0.25) is 4.79 Å². The number of nitriles is 1. The maximum atomic E-state index is 12.2. The van der Waals surface area contributed by atoms with Crippen LogP contribution in [-0.2, 0) is 0 Å². The molecule has 2 rings (SSSR count). The number of halogens is 3. The molecular weight excluding hydrogens is 373 g/mol. The number of nitrogens with one attached hydrogen (secondary N) is 1. The van der Waals surface area contributed by atoms with Crippen molar-refractivity contribution in [3.63, 3.8) is 0 Å². The van der Waals surface area contributed by atoms with Crippen molar-refractivity contribution in [1.82, 2.24) is 5.32 Å². The molecule has 146 valence electrons. The average Bonchev–Trinajstić information content (AvgIpc) is 2.66. The summed E-state index contributed by atoms with van der Waals surface area (Å²) in [6.07, 6.45) is -1.17. The van der Waals surface area contributed by atoms with Gasteiger partial charge in [0.1, 0.15) is 11.5 Å². The third kappa shape index (κ3) is 6.36. The lowest BCUT2D eigenvalue weighted by Crippen LogP contribution is -2.24. The summed E-state index contributed by atoms with van der Waals surface area (Å²) < 4.78 is 45.7. The number of benzene rings is 2. The second-order valence-electron chi connectivity index (χ2n) is 5.57. The lowest BCUT2D eigenvalue weighted by molar-refractivity contribution is -0.274. The minimum absolute atomic E-state index is 0.211. The van der Waals surface area contributed by atoms with Crippen LogP contribution in [0.5, 0.6) is 11.5 Å². The molecule has 5 nitrogen and oxygen atoms in total. The van der Waals surface area contributed by atoms with E-state index in [1.165, 1.54) is 31.4 Å². The van der Waals surface area contributed by atoms with Crippen LogP contribution in [0.3, 0.4) is 0 Å². The second-order valence-corrected chi connectivity index (χ2v) is 5.57. The molecule has 8 heteroatoms. The number of nitrogens with zero attached hydrogens (tertiary/aromatic N) is 1. The Morgan fingerprint density at radius 2 is 1.89 bits per heavy atom. The Balaban J connectivity index is 2.16. The number of hydrogen-bond acceptors (Lipinski definition) is 4. The Morgan fingerprint density at radius 3 is 2.50 bits per heavy atom. The van der Waals surface area contributed by atoms with Crippen LogP contribution in [0.15, 0.2) is 42.5 Å². The van der Waals surface area contributed by atoms with E-state index >= 15 is 0 Å². The molecule has 0 aliphatic heterocycles. The quantitative estimate of drug-likeness (QED) is 0.562. The predicted octanol–water partition coefficient (Wildman–Crippen LogP) is 4.41. The van der Waals surface area contributed by atoms with Crippen LogP contribution in [0, 0.1) is 11.3 Å². The molecule has 0 aliphatic carbocycles. The van der Waals surface area contributed by atoms with Crippen LogP contribution in [0.4, 0.5) is 13.2 Å². The highest BCUT2D eigenvalue weighted by molar-refractivity contribution is 5.95. The molecule has 0 aliphatic rings. The van der Waals surface area contributed by atoms with E-state index in [2.05, 4.69) is 10.1 Å². The number of ether oxygens (including phenoxy) is 2. The number of carbonyl (C=O) groups excluding carboxylic acids is 1. The van der Waals surface area contributed by atoms with Crippen molar-refractivity contribution in [2.24, 2.45) is 0 Å². The summed E-state index contributed by atoms with van der Waals surface area (Å²) in [5.74, 6) is -0.0960. The van der Waals surface area contributed by atoms with Crippen molar-refractivity contribution < 1.29 is 27.4 Å². The van der Waals surface area contributed by atoms with Gasteiger partial charge >= 0.3 is 6.36 Å². The molecule has 0 atom stereocenters. The molecule has 2 aromatic rings. The number of alkyl halides is 3. The molecule has 0 bridgehead atoms. The minimum Gasteiger partial charge on any atom is -0.496 e. The smallest absolute Gasteiger partial charge is 0.496 e. The predicted molar refractivity (Wildman–Crippen MR) is 97.6 cm³/mol. The van der Waals surface area contributed by atoms with Gasteiger partial charge in [-0.2, -0.15) is 5.26 Å². The number of methoxy groups -OCH3 is 1. The Labute approximate surface area is 160 Å². The first kappa shape index (κ1) is 20.8.